The Kier molecular flexibility index (Phi) is 3.33. The maximum atomic E-state index is 5.83. The quantitative estimate of drug-likeness (QED) is 0.692. The van der Waals surface area contributed by atoms with Crippen LogP contribution in [0.2, 0.25) is 0 Å². The molecule has 1 aliphatic heterocycles. The topological polar surface area (TPSA) is 18.5 Å². The molecule has 0 aromatic heterocycles. The van der Waals surface area contributed by atoms with Gasteiger partial charge in [-0.3, -0.25) is 0 Å². The molecule has 1 heterocycles. The second-order valence-corrected chi connectivity index (χ2v) is 5.91. The van der Waals surface area contributed by atoms with Crippen LogP contribution in [0.15, 0.2) is 12.1 Å². The van der Waals surface area contributed by atoms with E-state index in [-0.39, 0.29) is 12.5 Å². The van der Waals surface area contributed by atoms with E-state index in [1.54, 1.807) is 0 Å². The van der Waals surface area contributed by atoms with E-state index in [1.165, 1.54) is 22.2 Å². The van der Waals surface area contributed by atoms with Gasteiger partial charge >= 0.3 is 7.12 Å². The molecule has 92 valence electrons. The van der Waals surface area contributed by atoms with E-state index in [1.807, 2.05) is 0 Å². The summed E-state index contributed by atoms with van der Waals surface area (Å²) in [7, 11) is -0.192. The molecule has 0 amide bonds. The van der Waals surface area contributed by atoms with Crippen molar-refractivity contribution in [2.24, 2.45) is 5.41 Å². The molecule has 0 unspecified atom stereocenters. The van der Waals surface area contributed by atoms with E-state index < -0.39 is 0 Å². The largest absolute Gasteiger partial charge is 0.494 e. The predicted octanol–water partition coefficient (Wildman–Crippen LogP) is 2.38. The Balaban J connectivity index is 2.21. The van der Waals surface area contributed by atoms with Crippen LogP contribution in [0.1, 0.15) is 30.5 Å². The van der Waals surface area contributed by atoms with Crippen molar-refractivity contribution in [2.75, 3.05) is 13.2 Å². The zero-order valence-corrected chi connectivity index (χ0v) is 11.5. The van der Waals surface area contributed by atoms with Crippen LogP contribution < -0.4 is 5.46 Å². The number of hydrogen-bond acceptors (Lipinski definition) is 2. The summed E-state index contributed by atoms with van der Waals surface area (Å²) >= 11 is 0. The van der Waals surface area contributed by atoms with Crippen molar-refractivity contribution >= 4 is 12.6 Å². The van der Waals surface area contributed by atoms with E-state index in [0.29, 0.717) is 0 Å². The summed E-state index contributed by atoms with van der Waals surface area (Å²) < 4.78 is 11.7. The van der Waals surface area contributed by atoms with Crippen LogP contribution in [0, 0.1) is 26.2 Å². The lowest BCUT2D eigenvalue weighted by atomic mass is 9.72. The standard InChI is InChI=1S/C14H21BO2/c1-10-6-12(3)13(7-11(10)2)15-16-8-14(4,5)9-17-15/h6-7H,8-9H2,1-5H3. The first-order valence-corrected chi connectivity index (χ1v) is 6.20. The highest BCUT2D eigenvalue weighted by Gasteiger charge is 2.34. The minimum atomic E-state index is -0.192. The summed E-state index contributed by atoms with van der Waals surface area (Å²) in [5.41, 5.74) is 5.16. The predicted molar refractivity (Wildman–Crippen MR) is 71.7 cm³/mol. The van der Waals surface area contributed by atoms with E-state index in [0.717, 1.165) is 13.2 Å². The molecular weight excluding hydrogens is 211 g/mol. The number of rotatable bonds is 1. The first-order chi connectivity index (χ1) is 7.89. The maximum absolute atomic E-state index is 5.83. The molecule has 0 atom stereocenters. The summed E-state index contributed by atoms with van der Waals surface area (Å²) in [6.45, 7) is 12.2. The highest BCUT2D eigenvalue weighted by Crippen LogP contribution is 2.22. The van der Waals surface area contributed by atoms with Crippen LogP contribution in [0.5, 0.6) is 0 Å². The fraction of sp³-hybridized carbons (Fsp3) is 0.571. The Hall–Kier alpha value is -0.795. The molecule has 17 heavy (non-hydrogen) atoms. The summed E-state index contributed by atoms with van der Waals surface area (Å²) in [5.74, 6) is 0. The molecular formula is C14H21BO2. The normalized spacial score (nSPS) is 19.5. The van der Waals surface area contributed by atoms with Gasteiger partial charge in [-0.05, 0) is 37.4 Å². The van der Waals surface area contributed by atoms with Gasteiger partial charge in [0.05, 0.1) is 0 Å². The van der Waals surface area contributed by atoms with Crippen molar-refractivity contribution in [1.29, 1.82) is 0 Å². The van der Waals surface area contributed by atoms with Crippen LogP contribution in [0.25, 0.3) is 0 Å². The number of aryl methyl sites for hydroxylation is 3. The molecule has 1 aromatic carbocycles. The second kappa shape index (κ2) is 4.47. The SMILES string of the molecule is Cc1cc(C)c(B2OCC(C)(C)CO2)cc1C. The summed E-state index contributed by atoms with van der Waals surface area (Å²) in [5, 5.41) is 0. The van der Waals surface area contributed by atoms with E-state index >= 15 is 0 Å². The first-order valence-electron chi connectivity index (χ1n) is 6.20. The molecule has 0 aliphatic carbocycles. The van der Waals surface area contributed by atoms with Crippen molar-refractivity contribution < 1.29 is 9.31 Å². The van der Waals surface area contributed by atoms with Crippen LogP contribution in [-0.4, -0.2) is 20.3 Å². The fourth-order valence-corrected chi connectivity index (χ4v) is 2.11. The average Bonchev–Trinajstić information content (AvgIpc) is 2.24. The van der Waals surface area contributed by atoms with Crippen LogP contribution in [-0.2, 0) is 9.31 Å². The van der Waals surface area contributed by atoms with Gasteiger partial charge in [0, 0.05) is 18.6 Å². The Bertz CT molecular complexity index is 416. The van der Waals surface area contributed by atoms with Gasteiger partial charge < -0.3 is 9.31 Å². The van der Waals surface area contributed by atoms with E-state index in [9.17, 15) is 0 Å². The lowest BCUT2D eigenvalue weighted by Gasteiger charge is -2.33. The molecule has 1 fully saturated rings. The summed E-state index contributed by atoms with van der Waals surface area (Å²) in [6, 6.07) is 4.39. The minimum absolute atomic E-state index is 0.129. The summed E-state index contributed by atoms with van der Waals surface area (Å²) in [4.78, 5) is 0. The molecule has 0 spiro atoms. The van der Waals surface area contributed by atoms with Crippen molar-refractivity contribution in [3.8, 4) is 0 Å². The lowest BCUT2D eigenvalue weighted by Crippen LogP contribution is -2.48. The van der Waals surface area contributed by atoms with Crippen molar-refractivity contribution in [1.82, 2.24) is 0 Å². The smallest absolute Gasteiger partial charge is 0.407 e. The van der Waals surface area contributed by atoms with Gasteiger partial charge in [0.25, 0.3) is 0 Å². The molecule has 2 rings (SSSR count). The zero-order chi connectivity index (χ0) is 12.6. The van der Waals surface area contributed by atoms with Gasteiger partial charge in [-0.2, -0.15) is 0 Å². The highest BCUT2D eigenvalue weighted by molar-refractivity contribution is 6.62. The van der Waals surface area contributed by atoms with Gasteiger partial charge in [0.15, 0.2) is 0 Å². The van der Waals surface area contributed by atoms with Crippen molar-refractivity contribution in [3.05, 3.63) is 28.8 Å². The Morgan fingerprint density at radius 3 is 2.06 bits per heavy atom. The number of hydrogen-bond donors (Lipinski definition) is 0. The molecule has 1 aliphatic rings. The third kappa shape index (κ3) is 2.72. The fourth-order valence-electron chi connectivity index (χ4n) is 2.11. The van der Waals surface area contributed by atoms with Crippen LogP contribution in [0.3, 0.4) is 0 Å². The molecule has 0 radical (unpaired) electrons. The summed E-state index contributed by atoms with van der Waals surface area (Å²) in [6.07, 6.45) is 0. The monoisotopic (exact) mass is 232 g/mol. The molecule has 0 bridgehead atoms. The van der Waals surface area contributed by atoms with Gasteiger partial charge in [0.2, 0.25) is 0 Å². The van der Waals surface area contributed by atoms with Crippen molar-refractivity contribution in [3.63, 3.8) is 0 Å². The average molecular weight is 232 g/mol. The minimum Gasteiger partial charge on any atom is -0.407 e. The Morgan fingerprint density at radius 1 is 0.941 bits per heavy atom. The molecule has 2 nitrogen and oxygen atoms in total. The molecule has 3 heteroatoms. The first kappa shape index (κ1) is 12.7. The van der Waals surface area contributed by atoms with Gasteiger partial charge in [-0.1, -0.05) is 31.5 Å². The van der Waals surface area contributed by atoms with Crippen LogP contribution >= 0.6 is 0 Å². The zero-order valence-electron chi connectivity index (χ0n) is 11.5. The van der Waals surface area contributed by atoms with E-state index in [2.05, 4.69) is 46.8 Å². The molecule has 1 aromatic rings. The maximum Gasteiger partial charge on any atom is 0.494 e. The van der Waals surface area contributed by atoms with Gasteiger partial charge in [-0.25, -0.2) is 0 Å². The highest BCUT2D eigenvalue weighted by atomic mass is 16.6. The lowest BCUT2D eigenvalue weighted by molar-refractivity contribution is 0.0342. The molecule has 1 saturated heterocycles. The third-order valence-corrected chi connectivity index (χ3v) is 3.39. The molecule has 0 saturated carbocycles. The van der Waals surface area contributed by atoms with Crippen LogP contribution in [0.4, 0.5) is 0 Å². The molecule has 0 N–H and O–H groups in total. The number of benzene rings is 1. The second-order valence-electron chi connectivity index (χ2n) is 5.91. The van der Waals surface area contributed by atoms with Crippen molar-refractivity contribution in [2.45, 2.75) is 34.6 Å². The Morgan fingerprint density at radius 2 is 1.47 bits per heavy atom. The van der Waals surface area contributed by atoms with E-state index in [4.69, 9.17) is 9.31 Å². The Labute approximate surface area is 104 Å². The van der Waals surface area contributed by atoms with Gasteiger partial charge in [0.1, 0.15) is 0 Å². The van der Waals surface area contributed by atoms with Gasteiger partial charge in [-0.15, -0.1) is 0 Å². The third-order valence-electron chi connectivity index (χ3n) is 3.39.